The van der Waals surface area contributed by atoms with E-state index in [1.54, 1.807) is 18.2 Å². The molecule has 0 radical (unpaired) electrons. The number of hydrogen-bond acceptors (Lipinski definition) is 5. The van der Waals surface area contributed by atoms with Crippen molar-refractivity contribution in [1.29, 1.82) is 0 Å². The summed E-state index contributed by atoms with van der Waals surface area (Å²) in [5.41, 5.74) is 4.69. The topological polar surface area (TPSA) is 79.0 Å². The molecule has 0 fully saturated rings. The lowest BCUT2D eigenvalue weighted by molar-refractivity contribution is 0.0921. The number of rotatable bonds is 10. The molecular weight excluding hydrogens is 534 g/mol. The van der Waals surface area contributed by atoms with E-state index in [1.165, 1.54) is 9.87 Å². The molecule has 1 amide bonds. The Hall–Kier alpha value is -3.20. The number of sulfonamides is 1. The molecule has 1 aliphatic rings. The van der Waals surface area contributed by atoms with Crippen molar-refractivity contribution < 1.29 is 17.9 Å². The van der Waals surface area contributed by atoms with E-state index in [4.69, 9.17) is 4.74 Å². The largest absolute Gasteiger partial charge is 0.491 e. The second kappa shape index (κ2) is 12.8. The monoisotopic (exact) mass is 577 g/mol. The molecule has 0 atom stereocenters. The fourth-order valence-electron chi connectivity index (χ4n) is 4.96. The fraction of sp³-hybridized carbons (Fsp3) is 0.424. The van der Waals surface area contributed by atoms with Crippen molar-refractivity contribution in [3.05, 3.63) is 94.5 Å². The van der Waals surface area contributed by atoms with Crippen LogP contribution < -0.4 is 10.1 Å². The van der Waals surface area contributed by atoms with E-state index in [2.05, 4.69) is 43.1 Å². The molecule has 3 aromatic carbocycles. The zero-order chi connectivity index (χ0) is 29.8. The molecule has 1 N–H and O–H groups in total. The summed E-state index contributed by atoms with van der Waals surface area (Å²) >= 11 is 0. The molecular formula is C33H43N3O4S. The number of nitrogens with one attached hydrogen (secondary N) is 1. The molecule has 0 unspecified atom stereocenters. The van der Waals surface area contributed by atoms with E-state index >= 15 is 0 Å². The minimum absolute atomic E-state index is 0.0750. The molecule has 220 valence electrons. The van der Waals surface area contributed by atoms with E-state index in [9.17, 15) is 13.2 Å². The van der Waals surface area contributed by atoms with E-state index in [1.807, 2.05) is 57.2 Å². The molecule has 1 aliphatic heterocycles. The number of aryl methyl sites for hydroxylation is 1. The van der Waals surface area contributed by atoms with Gasteiger partial charge in [0.25, 0.3) is 5.91 Å². The highest BCUT2D eigenvalue weighted by atomic mass is 32.2. The van der Waals surface area contributed by atoms with E-state index < -0.39 is 10.0 Å². The zero-order valence-electron chi connectivity index (χ0n) is 25.1. The molecule has 0 spiro atoms. The fourth-order valence-corrected chi connectivity index (χ4v) is 6.38. The first-order valence-electron chi connectivity index (χ1n) is 14.3. The number of carbonyl (C=O) groups excluding carboxylic acids is 1. The lowest BCUT2D eigenvalue weighted by Gasteiger charge is -2.36. The van der Waals surface area contributed by atoms with Crippen LogP contribution in [0.5, 0.6) is 5.75 Å². The predicted molar refractivity (Wildman–Crippen MR) is 164 cm³/mol. The van der Waals surface area contributed by atoms with Crippen molar-refractivity contribution in [3.63, 3.8) is 0 Å². The molecule has 0 saturated heterocycles. The lowest BCUT2D eigenvalue weighted by Crippen LogP contribution is -2.45. The molecule has 41 heavy (non-hydrogen) atoms. The number of ether oxygens (including phenoxy) is 1. The second-order valence-electron chi connectivity index (χ2n) is 12.0. The maximum atomic E-state index is 13.1. The number of benzene rings is 3. The van der Waals surface area contributed by atoms with E-state index in [0.29, 0.717) is 43.1 Å². The minimum atomic E-state index is -3.57. The number of carbonyl (C=O) groups is 1. The smallest absolute Gasteiger partial charge is 0.251 e. The van der Waals surface area contributed by atoms with E-state index in [0.717, 1.165) is 29.0 Å². The number of fused-ring (bicyclic) bond motifs is 1. The van der Waals surface area contributed by atoms with Crippen LogP contribution in [0.1, 0.15) is 67.2 Å². The molecule has 0 aromatic heterocycles. The summed E-state index contributed by atoms with van der Waals surface area (Å²) < 4.78 is 33.6. The van der Waals surface area contributed by atoms with Crippen LogP contribution in [0.25, 0.3) is 0 Å². The van der Waals surface area contributed by atoms with Gasteiger partial charge in [0.15, 0.2) is 0 Å². The maximum absolute atomic E-state index is 13.1. The van der Waals surface area contributed by atoms with Gasteiger partial charge in [0.1, 0.15) is 5.75 Å². The van der Waals surface area contributed by atoms with Crippen LogP contribution in [0.3, 0.4) is 0 Å². The summed E-state index contributed by atoms with van der Waals surface area (Å²) in [5, 5.41) is 3.08. The van der Waals surface area contributed by atoms with Gasteiger partial charge < -0.3 is 10.1 Å². The predicted octanol–water partition coefficient (Wildman–Crippen LogP) is 5.56. The van der Waals surface area contributed by atoms with Crippen LogP contribution in [0.2, 0.25) is 0 Å². The first kappa shape index (κ1) is 30.8. The molecule has 1 heterocycles. The van der Waals surface area contributed by atoms with Gasteiger partial charge in [-0.05, 0) is 101 Å². The highest BCUT2D eigenvalue weighted by Gasteiger charge is 2.29. The van der Waals surface area contributed by atoms with Crippen LogP contribution in [0.15, 0.2) is 71.6 Å². The van der Waals surface area contributed by atoms with Gasteiger partial charge in [0, 0.05) is 43.8 Å². The molecule has 3 aromatic rings. The summed E-state index contributed by atoms with van der Waals surface area (Å²) in [6, 6.07) is 20.7. The Labute approximate surface area is 245 Å². The van der Waals surface area contributed by atoms with E-state index in [-0.39, 0.29) is 17.6 Å². The van der Waals surface area contributed by atoms with Gasteiger partial charge in [-0.2, -0.15) is 4.31 Å². The number of nitrogens with zero attached hydrogens (tertiary/aromatic N) is 2. The van der Waals surface area contributed by atoms with Gasteiger partial charge in [-0.3, -0.25) is 9.69 Å². The van der Waals surface area contributed by atoms with Crippen molar-refractivity contribution >= 4 is 15.9 Å². The Morgan fingerprint density at radius 3 is 2.32 bits per heavy atom. The molecule has 0 bridgehead atoms. The minimum Gasteiger partial charge on any atom is -0.491 e. The molecule has 0 saturated carbocycles. The molecule has 0 aliphatic carbocycles. The van der Waals surface area contributed by atoms with Crippen LogP contribution in [-0.4, -0.2) is 54.8 Å². The van der Waals surface area contributed by atoms with Crippen LogP contribution >= 0.6 is 0 Å². The standard InChI is InChI=1S/C33H43N3O4S/c1-24(2)40-30-13-9-26(10-14-30)22-35(33(4,5)6)20-18-34-32(37)28-11-12-29-23-36(19-17-27(29)21-28)41(38,39)31-15-7-25(3)8-16-31/h7-16,21,24H,17-20,22-23H2,1-6H3,(H,34,37). The Balaban J connectivity index is 1.34. The molecule has 7 nitrogen and oxygen atoms in total. The van der Waals surface area contributed by atoms with Crippen molar-refractivity contribution in [2.75, 3.05) is 19.6 Å². The maximum Gasteiger partial charge on any atom is 0.251 e. The summed E-state index contributed by atoms with van der Waals surface area (Å²) in [6.07, 6.45) is 0.709. The van der Waals surface area contributed by atoms with Gasteiger partial charge in [-0.25, -0.2) is 8.42 Å². The Bertz CT molecular complexity index is 1440. The van der Waals surface area contributed by atoms with Gasteiger partial charge >= 0.3 is 0 Å². The number of hydrogen-bond donors (Lipinski definition) is 1. The Morgan fingerprint density at radius 1 is 1.00 bits per heavy atom. The summed E-state index contributed by atoms with van der Waals surface area (Å²) in [6.45, 7) is 15.2. The van der Waals surface area contributed by atoms with Crippen LogP contribution in [0.4, 0.5) is 0 Å². The van der Waals surface area contributed by atoms with Crippen LogP contribution in [0, 0.1) is 6.92 Å². The summed E-state index contributed by atoms with van der Waals surface area (Å²) in [5.74, 6) is 0.746. The lowest BCUT2D eigenvalue weighted by atomic mass is 9.98. The zero-order valence-corrected chi connectivity index (χ0v) is 25.9. The quantitative estimate of drug-likeness (QED) is 0.341. The molecule has 4 rings (SSSR count). The first-order chi connectivity index (χ1) is 19.3. The Morgan fingerprint density at radius 2 is 1.68 bits per heavy atom. The third-order valence-corrected chi connectivity index (χ3v) is 9.25. The average Bonchev–Trinajstić information content (AvgIpc) is 2.92. The second-order valence-corrected chi connectivity index (χ2v) is 14.0. The summed E-state index contributed by atoms with van der Waals surface area (Å²) in [7, 11) is -3.57. The first-order valence-corrected chi connectivity index (χ1v) is 15.7. The van der Waals surface area contributed by atoms with Crippen molar-refractivity contribution in [1.82, 2.24) is 14.5 Å². The van der Waals surface area contributed by atoms with Crippen molar-refractivity contribution in [2.24, 2.45) is 0 Å². The SMILES string of the molecule is Cc1ccc(S(=O)(=O)N2CCc3cc(C(=O)NCCN(Cc4ccc(OC(C)C)cc4)C(C)(C)C)ccc3C2)cc1. The molecule has 8 heteroatoms. The van der Waals surface area contributed by atoms with Crippen LogP contribution in [-0.2, 0) is 29.5 Å². The van der Waals surface area contributed by atoms with Gasteiger partial charge in [-0.15, -0.1) is 0 Å². The summed E-state index contributed by atoms with van der Waals surface area (Å²) in [4.78, 5) is 15.7. The third-order valence-electron chi connectivity index (χ3n) is 7.39. The average molecular weight is 578 g/mol. The van der Waals surface area contributed by atoms with Crippen molar-refractivity contribution in [2.45, 2.75) is 77.6 Å². The number of amides is 1. The Kier molecular flexibility index (Phi) is 9.57. The third kappa shape index (κ3) is 7.97. The highest BCUT2D eigenvalue weighted by molar-refractivity contribution is 7.89. The van der Waals surface area contributed by atoms with Crippen molar-refractivity contribution in [3.8, 4) is 5.75 Å². The van der Waals surface area contributed by atoms with Gasteiger partial charge in [0.05, 0.1) is 11.0 Å². The normalized spacial score (nSPS) is 14.2. The highest BCUT2D eigenvalue weighted by Crippen LogP contribution is 2.26. The van der Waals surface area contributed by atoms with Gasteiger partial charge in [-0.1, -0.05) is 35.9 Å². The van der Waals surface area contributed by atoms with Gasteiger partial charge in [0.2, 0.25) is 10.0 Å².